The van der Waals surface area contributed by atoms with E-state index in [-0.39, 0.29) is 39.5 Å². The third-order valence-electron chi connectivity index (χ3n) is 5.67. The Labute approximate surface area is 197 Å². The standard InChI is InChI=1S/C23H24O12/c1-31-12-7-11-14(16(27)21(12)32-2)17(28)22(20(33-11)9-3-5-10(25)6-4-9)35-23-19(30)18(29)15(26)13(8-24)34-23/h3-7,13,15,18-19,23-27,29-30H,8H2,1-2H3/t13-,15-,18-,19-,23-/m0/s1. The average Bonchev–Trinajstić information content (AvgIpc) is 2.85. The molecule has 12 nitrogen and oxygen atoms in total. The minimum Gasteiger partial charge on any atom is -0.508 e. The number of aliphatic hydroxyl groups excluding tert-OH is 4. The molecule has 2 heterocycles. The van der Waals surface area contributed by atoms with E-state index in [1.807, 2.05) is 0 Å². The van der Waals surface area contributed by atoms with Crippen molar-refractivity contribution in [1.82, 2.24) is 0 Å². The lowest BCUT2D eigenvalue weighted by Gasteiger charge is -2.39. The van der Waals surface area contributed by atoms with Crippen LogP contribution in [0.3, 0.4) is 0 Å². The summed E-state index contributed by atoms with van der Waals surface area (Å²) in [4.78, 5) is 13.6. The van der Waals surface area contributed by atoms with Crippen molar-refractivity contribution >= 4 is 11.0 Å². The van der Waals surface area contributed by atoms with Crippen LogP contribution < -0.4 is 19.6 Å². The molecule has 0 amide bonds. The lowest BCUT2D eigenvalue weighted by molar-refractivity contribution is -0.277. The zero-order valence-corrected chi connectivity index (χ0v) is 18.6. The molecule has 4 rings (SSSR count). The van der Waals surface area contributed by atoms with Crippen molar-refractivity contribution in [2.45, 2.75) is 30.7 Å². The Hall–Kier alpha value is -3.55. The van der Waals surface area contributed by atoms with E-state index in [1.165, 1.54) is 44.6 Å². The van der Waals surface area contributed by atoms with Crippen LogP contribution in [0.4, 0.5) is 0 Å². The number of methoxy groups -OCH3 is 2. The van der Waals surface area contributed by atoms with Crippen LogP contribution in [-0.2, 0) is 4.74 Å². The second-order valence-electron chi connectivity index (χ2n) is 7.79. The number of rotatable bonds is 6. The van der Waals surface area contributed by atoms with Gasteiger partial charge in [-0.15, -0.1) is 0 Å². The Kier molecular flexibility index (Phi) is 6.74. The highest BCUT2D eigenvalue weighted by Gasteiger charge is 2.45. The highest BCUT2D eigenvalue weighted by atomic mass is 16.7. The summed E-state index contributed by atoms with van der Waals surface area (Å²) in [7, 11) is 2.60. The van der Waals surface area contributed by atoms with Gasteiger partial charge in [-0.25, -0.2) is 0 Å². The SMILES string of the molecule is COc1cc2oc(-c3ccc(O)cc3)c(O[C@@H]3O[C@@H](CO)[C@H](O)[C@H](O)[C@@H]3O)c(=O)c2c(O)c1OC. The van der Waals surface area contributed by atoms with Crippen molar-refractivity contribution in [3.05, 3.63) is 40.6 Å². The molecule has 0 saturated carbocycles. The van der Waals surface area contributed by atoms with Gasteiger partial charge < -0.3 is 54.0 Å². The lowest BCUT2D eigenvalue weighted by atomic mass is 9.99. The Morgan fingerprint density at radius 2 is 1.63 bits per heavy atom. The Morgan fingerprint density at radius 1 is 0.943 bits per heavy atom. The van der Waals surface area contributed by atoms with E-state index in [0.717, 1.165) is 0 Å². The molecular weight excluding hydrogens is 468 g/mol. The number of aromatic hydroxyl groups is 2. The molecule has 6 N–H and O–H groups in total. The number of hydrogen-bond donors (Lipinski definition) is 6. The van der Waals surface area contributed by atoms with Crippen LogP contribution in [0, 0.1) is 0 Å². The smallest absolute Gasteiger partial charge is 0.239 e. The molecule has 188 valence electrons. The van der Waals surface area contributed by atoms with Gasteiger partial charge in [-0.2, -0.15) is 0 Å². The van der Waals surface area contributed by atoms with Crippen LogP contribution in [-0.4, -0.2) is 82.2 Å². The van der Waals surface area contributed by atoms with Crippen LogP contribution in [0.2, 0.25) is 0 Å². The molecule has 1 fully saturated rings. The number of hydrogen-bond acceptors (Lipinski definition) is 12. The van der Waals surface area contributed by atoms with Gasteiger partial charge in [0.15, 0.2) is 17.3 Å². The molecule has 35 heavy (non-hydrogen) atoms. The van der Waals surface area contributed by atoms with Crippen LogP contribution in [0.1, 0.15) is 0 Å². The fourth-order valence-electron chi connectivity index (χ4n) is 3.82. The predicted octanol–water partition coefficient (Wildman–Crippen LogP) is 0.0671. The van der Waals surface area contributed by atoms with E-state index >= 15 is 0 Å². The topological polar surface area (TPSA) is 189 Å². The normalized spacial score (nSPS) is 24.3. The van der Waals surface area contributed by atoms with Crippen molar-refractivity contribution < 1.29 is 54.0 Å². The van der Waals surface area contributed by atoms with Crippen LogP contribution >= 0.6 is 0 Å². The zero-order valence-electron chi connectivity index (χ0n) is 18.6. The molecule has 12 heteroatoms. The number of phenols is 2. The van der Waals surface area contributed by atoms with Gasteiger partial charge in [0.25, 0.3) is 0 Å². The van der Waals surface area contributed by atoms with Gasteiger partial charge in [-0.1, -0.05) is 0 Å². The van der Waals surface area contributed by atoms with Crippen LogP contribution in [0.15, 0.2) is 39.5 Å². The molecule has 1 aromatic heterocycles. The Morgan fingerprint density at radius 3 is 2.23 bits per heavy atom. The Bertz CT molecular complexity index is 1270. The number of ether oxygens (including phenoxy) is 4. The van der Waals surface area contributed by atoms with Gasteiger partial charge in [0, 0.05) is 11.6 Å². The number of fused-ring (bicyclic) bond motifs is 1. The minimum absolute atomic E-state index is 0.0580. The van der Waals surface area contributed by atoms with Gasteiger partial charge in [-0.05, 0) is 24.3 Å². The predicted molar refractivity (Wildman–Crippen MR) is 119 cm³/mol. The molecule has 1 aliphatic rings. The fraction of sp³-hybridized carbons (Fsp3) is 0.348. The summed E-state index contributed by atoms with van der Waals surface area (Å²) in [5.74, 6) is -1.38. The van der Waals surface area contributed by atoms with Crippen molar-refractivity contribution in [2.75, 3.05) is 20.8 Å². The average molecular weight is 492 g/mol. The molecule has 3 aromatic rings. The summed E-state index contributed by atoms with van der Waals surface area (Å²) in [5, 5.41) is 60.0. The third-order valence-corrected chi connectivity index (χ3v) is 5.67. The van der Waals surface area contributed by atoms with Gasteiger partial charge in [-0.3, -0.25) is 4.79 Å². The quantitative estimate of drug-likeness (QED) is 0.272. The second-order valence-corrected chi connectivity index (χ2v) is 7.79. The maximum atomic E-state index is 13.6. The summed E-state index contributed by atoms with van der Waals surface area (Å²) in [6.07, 6.45) is -8.20. The van der Waals surface area contributed by atoms with E-state index in [2.05, 4.69) is 0 Å². The lowest BCUT2D eigenvalue weighted by Crippen LogP contribution is -2.60. The highest BCUT2D eigenvalue weighted by Crippen LogP contribution is 2.44. The van der Waals surface area contributed by atoms with Gasteiger partial charge >= 0.3 is 0 Å². The second kappa shape index (κ2) is 9.60. The first kappa shape index (κ1) is 24.6. The van der Waals surface area contributed by atoms with E-state index < -0.39 is 54.2 Å². The van der Waals surface area contributed by atoms with Crippen molar-refractivity contribution in [2.24, 2.45) is 0 Å². The van der Waals surface area contributed by atoms with Crippen LogP contribution in [0.5, 0.6) is 28.7 Å². The maximum absolute atomic E-state index is 13.6. The van der Waals surface area contributed by atoms with Crippen LogP contribution in [0.25, 0.3) is 22.3 Å². The molecule has 1 aliphatic heterocycles. The Balaban J connectivity index is 1.94. The molecular formula is C23H24O12. The monoisotopic (exact) mass is 492 g/mol. The first-order chi connectivity index (χ1) is 16.7. The molecule has 0 bridgehead atoms. The molecule has 0 aliphatic carbocycles. The van der Waals surface area contributed by atoms with E-state index in [9.17, 15) is 35.4 Å². The van der Waals surface area contributed by atoms with E-state index in [0.29, 0.717) is 0 Å². The summed E-state index contributed by atoms with van der Waals surface area (Å²) in [6.45, 7) is -0.709. The van der Waals surface area contributed by atoms with Crippen molar-refractivity contribution in [1.29, 1.82) is 0 Å². The summed E-state index contributed by atoms with van der Waals surface area (Å²) in [6, 6.07) is 6.86. The first-order valence-electron chi connectivity index (χ1n) is 10.4. The molecule has 0 spiro atoms. The largest absolute Gasteiger partial charge is 0.508 e. The maximum Gasteiger partial charge on any atom is 0.239 e. The van der Waals surface area contributed by atoms with Crippen molar-refractivity contribution in [3.8, 4) is 40.1 Å². The highest BCUT2D eigenvalue weighted by molar-refractivity contribution is 5.91. The van der Waals surface area contributed by atoms with Gasteiger partial charge in [0.2, 0.25) is 23.2 Å². The fourth-order valence-corrected chi connectivity index (χ4v) is 3.82. The molecule has 2 aromatic carbocycles. The number of benzene rings is 2. The zero-order chi connectivity index (χ0) is 25.4. The summed E-state index contributed by atoms with van der Waals surface area (Å²) >= 11 is 0. The molecule has 1 saturated heterocycles. The number of aliphatic hydroxyl groups is 4. The molecule has 5 atom stereocenters. The number of phenolic OH excluding ortho intramolecular Hbond substituents is 2. The van der Waals surface area contributed by atoms with Crippen molar-refractivity contribution in [3.63, 3.8) is 0 Å². The first-order valence-corrected chi connectivity index (χ1v) is 10.4. The summed E-state index contributed by atoms with van der Waals surface area (Å²) < 4.78 is 27.3. The molecule has 0 radical (unpaired) electrons. The van der Waals surface area contributed by atoms with Gasteiger partial charge in [0.1, 0.15) is 41.1 Å². The van der Waals surface area contributed by atoms with E-state index in [1.54, 1.807) is 0 Å². The third kappa shape index (κ3) is 4.22. The van der Waals surface area contributed by atoms with Gasteiger partial charge in [0.05, 0.1) is 20.8 Å². The summed E-state index contributed by atoms with van der Waals surface area (Å²) in [5.41, 5.74) is -0.699. The van der Waals surface area contributed by atoms with E-state index in [4.69, 9.17) is 23.4 Å². The molecule has 0 unspecified atom stereocenters. The minimum atomic E-state index is -1.81.